The summed E-state index contributed by atoms with van der Waals surface area (Å²) in [5.41, 5.74) is 5.84. The van der Waals surface area contributed by atoms with E-state index < -0.39 is 18.1 Å². The second-order valence-electron chi connectivity index (χ2n) is 12.4. The van der Waals surface area contributed by atoms with E-state index in [1.165, 1.54) is 0 Å². The number of aromatic nitrogens is 4. The molecule has 0 unspecified atom stereocenters. The zero-order valence-corrected chi connectivity index (χ0v) is 27.5. The summed E-state index contributed by atoms with van der Waals surface area (Å²) in [6, 6.07) is 40.7. The van der Waals surface area contributed by atoms with Gasteiger partial charge in [-0.3, -0.25) is 0 Å². The van der Waals surface area contributed by atoms with Crippen LogP contribution in [0.15, 0.2) is 162 Å². The van der Waals surface area contributed by atoms with Gasteiger partial charge in [-0.05, 0) is 54.6 Å². The Morgan fingerprint density at radius 3 is 2.00 bits per heavy atom. The number of nitrogens with zero attached hydrogens (tertiary/aromatic N) is 4. The van der Waals surface area contributed by atoms with E-state index in [0.717, 1.165) is 69.6 Å². The Hall–Kier alpha value is -6.63. The van der Waals surface area contributed by atoms with Gasteiger partial charge in [-0.2, -0.15) is 0 Å². The molecule has 0 atom stereocenters. The Balaban J connectivity index is 1.19. The smallest absolute Gasteiger partial charge is 0.165 e. The topological polar surface area (TPSA) is 56.7 Å². The highest BCUT2D eigenvalue weighted by Gasteiger charge is 2.20. The molecule has 0 fully saturated rings. The fraction of sp³-hybridized carbons (Fsp3) is 0. The highest BCUT2D eigenvalue weighted by atomic mass is 32.1. The van der Waals surface area contributed by atoms with Crippen LogP contribution >= 0.6 is 11.3 Å². The number of thiophene rings is 1. The molecule has 0 bridgehead atoms. The molecule has 0 amide bonds. The van der Waals surface area contributed by atoms with Crippen molar-refractivity contribution >= 4 is 75.3 Å². The zero-order valence-electron chi connectivity index (χ0n) is 31.7. The quantitative estimate of drug-likeness (QED) is 0.186. The van der Waals surface area contributed by atoms with E-state index in [9.17, 15) is 0 Å². The minimum absolute atomic E-state index is 0.0109. The summed E-state index contributed by atoms with van der Waals surface area (Å²) in [6.45, 7) is 0. The summed E-state index contributed by atoms with van der Waals surface area (Å²) >= 11 is 1.63. The fourth-order valence-corrected chi connectivity index (χ4v) is 8.55. The van der Waals surface area contributed by atoms with E-state index in [-0.39, 0.29) is 23.5 Å². The predicted molar refractivity (Wildman–Crippen MR) is 211 cm³/mol. The van der Waals surface area contributed by atoms with Gasteiger partial charge in [0.15, 0.2) is 17.5 Å². The molecule has 0 aliphatic carbocycles. The molecular formula is C45H26N4OS. The number of furan rings is 1. The van der Waals surface area contributed by atoms with Crippen molar-refractivity contribution in [1.82, 2.24) is 19.5 Å². The van der Waals surface area contributed by atoms with Crippen LogP contribution < -0.4 is 0 Å². The first-order valence-electron chi connectivity index (χ1n) is 19.0. The van der Waals surface area contributed by atoms with E-state index >= 15 is 0 Å². The van der Waals surface area contributed by atoms with Crippen molar-refractivity contribution < 1.29 is 11.3 Å². The largest absolute Gasteiger partial charge is 0.456 e. The Kier molecular flexibility index (Phi) is 5.08. The molecule has 11 rings (SSSR count). The number of hydrogen-bond acceptors (Lipinski definition) is 5. The molecule has 238 valence electrons. The molecule has 11 aromatic rings. The average molecular weight is 676 g/mol. The van der Waals surface area contributed by atoms with Crippen molar-refractivity contribution in [2.24, 2.45) is 0 Å². The Labute approximate surface area is 302 Å². The van der Waals surface area contributed by atoms with Crippen LogP contribution in [0.3, 0.4) is 0 Å². The third kappa shape index (κ3) is 4.30. The van der Waals surface area contributed by atoms with Gasteiger partial charge in [0, 0.05) is 53.0 Å². The minimum atomic E-state index is -0.482. The molecule has 0 spiro atoms. The van der Waals surface area contributed by atoms with Crippen LogP contribution in [0.2, 0.25) is 0 Å². The van der Waals surface area contributed by atoms with Crippen LogP contribution in [0.1, 0.15) is 6.85 Å². The first kappa shape index (κ1) is 23.7. The normalized spacial score (nSPS) is 13.3. The molecule has 0 radical (unpaired) electrons. The van der Waals surface area contributed by atoms with E-state index in [4.69, 9.17) is 26.2 Å². The highest BCUT2D eigenvalue weighted by molar-refractivity contribution is 7.26. The molecule has 6 heteroatoms. The standard InChI is InChI=1S/C45H26N4OS/c1-2-12-27(13-3-1)43-46-44(48-45(47-43)33-18-10-17-32-31-16-6-9-23-40(31)51-42(32)33)28-24-25-38-34(26-28)41-37(21-11-22-39(41)50-38)49-35-19-7-4-14-29(35)30-15-5-8-20-36(30)49/h1-26H/i1D,2D,3D,12D,13D. The lowest BCUT2D eigenvalue weighted by atomic mass is 10.1. The first-order valence-corrected chi connectivity index (χ1v) is 17.4. The van der Waals surface area contributed by atoms with E-state index in [0.29, 0.717) is 22.8 Å². The summed E-state index contributed by atoms with van der Waals surface area (Å²) < 4.78 is 53.6. The molecule has 5 nitrogen and oxygen atoms in total. The monoisotopic (exact) mass is 675 g/mol. The Morgan fingerprint density at radius 1 is 0.529 bits per heavy atom. The average Bonchev–Trinajstić information content (AvgIpc) is 3.91. The minimum Gasteiger partial charge on any atom is -0.456 e. The lowest BCUT2D eigenvalue weighted by Gasteiger charge is -2.10. The van der Waals surface area contributed by atoms with Gasteiger partial charge in [0.1, 0.15) is 11.2 Å². The molecule has 0 saturated heterocycles. The van der Waals surface area contributed by atoms with Crippen molar-refractivity contribution in [3.05, 3.63) is 158 Å². The molecule has 4 aromatic heterocycles. The molecule has 0 aliphatic rings. The van der Waals surface area contributed by atoms with Gasteiger partial charge >= 0.3 is 0 Å². The molecule has 0 aliphatic heterocycles. The second kappa shape index (κ2) is 10.9. The predicted octanol–water partition coefficient (Wildman–Crippen LogP) is 12.2. The second-order valence-corrected chi connectivity index (χ2v) is 13.5. The van der Waals surface area contributed by atoms with E-state index in [1.807, 2.05) is 66.7 Å². The molecule has 51 heavy (non-hydrogen) atoms. The van der Waals surface area contributed by atoms with Crippen LogP contribution in [0.25, 0.3) is 104 Å². The van der Waals surface area contributed by atoms with Crippen molar-refractivity contribution in [1.29, 1.82) is 0 Å². The summed E-state index contributed by atoms with van der Waals surface area (Å²) in [4.78, 5) is 14.8. The molecular weight excluding hydrogens is 645 g/mol. The SMILES string of the molecule is [2H]c1c([2H])c([2H])c(-c2nc(-c3ccc4oc5cccc(-n6c7ccccc7c7ccccc76)c5c4c3)nc(-c3cccc4c3sc3ccccc34)n2)c([2H])c1[2H]. The number of para-hydroxylation sites is 2. The van der Waals surface area contributed by atoms with Crippen molar-refractivity contribution in [2.75, 3.05) is 0 Å². The third-order valence-corrected chi connectivity index (χ3v) is 10.8. The van der Waals surface area contributed by atoms with E-state index in [1.54, 1.807) is 11.3 Å². The maximum absolute atomic E-state index is 8.83. The van der Waals surface area contributed by atoms with Gasteiger partial charge in [-0.25, -0.2) is 15.0 Å². The maximum atomic E-state index is 8.83. The van der Waals surface area contributed by atoms with Crippen LogP contribution in [-0.2, 0) is 0 Å². The van der Waals surface area contributed by atoms with E-state index in [2.05, 4.69) is 65.2 Å². The van der Waals surface area contributed by atoms with Crippen LogP contribution in [0.5, 0.6) is 0 Å². The third-order valence-electron chi connectivity index (χ3n) is 9.56. The molecule has 0 N–H and O–H groups in total. The molecule has 7 aromatic carbocycles. The number of rotatable bonds is 4. The molecule has 4 heterocycles. The van der Waals surface area contributed by atoms with Crippen LogP contribution in [0, 0.1) is 0 Å². The lowest BCUT2D eigenvalue weighted by Crippen LogP contribution is -2.00. The van der Waals surface area contributed by atoms with Crippen molar-refractivity contribution in [3.63, 3.8) is 0 Å². The van der Waals surface area contributed by atoms with Gasteiger partial charge in [-0.1, -0.05) is 103 Å². The Morgan fingerprint density at radius 2 is 1.20 bits per heavy atom. The van der Waals surface area contributed by atoms with Crippen molar-refractivity contribution in [2.45, 2.75) is 0 Å². The van der Waals surface area contributed by atoms with Crippen molar-refractivity contribution in [3.8, 4) is 39.9 Å². The summed E-state index contributed by atoms with van der Waals surface area (Å²) in [7, 11) is 0. The summed E-state index contributed by atoms with van der Waals surface area (Å²) in [5.74, 6) is 0.612. The maximum Gasteiger partial charge on any atom is 0.165 e. The van der Waals surface area contributed by atoms with Gasteiger partial charge in [-0.15, -0.1) is 11.3 Å². The fourth-order valence-electron chi connectivity index (χ4n) is 7.34. The van der Waals surface area contributed by atoms with Gasteiger partial charge in [0.25, 0.3) is 0 Å². The van der Waals surface area contributed by atoms with Gasteiger partial charge in [0.2, 0.25) is 0 Å². The highest BCUT2D eigenvalue weighted by Crippen LogP contribution is 2.41. The lowest BCUT2D eigenvalue weighted by molar-refractivity contribution is 0.669. The zero-order chi connectivity index (χ0) is 37.8. The number of hydrogen-bond donors (Lipinski definition) is 0. The summed E-state index contributed by atoms with van der Waals surface area (Å²) in [5, 5.41) is 6.25. The van der Waals surface area contributed by atoms with Gasteiger partial charge < -0.3 is 8.98 Å². The number of fused-ring (bicyclic) bond motifs is 9. The van der Waals surface area contributed by atoms with Crippen LogP contribution in [0.4, 0.5) is 0 Å². The van der Waals surface area contributed by atoms with Gasteiger partial charge in [0.05, 0.1) is 29.0 Å². The summed E-state index contributed by atoms with van der Waals surface area (Å²) in [6.07, 6.45) is 0. The molecule has 0 saturated carbocycles. The Bertz CT molecular complexity index is 3380. The van der Waals surface area contributed by atoms with Crippen LogP contribution in [-0.4, -0.2) is 19.5 Å². The number of benzene rings is 7. The first-order chi connectivity index (χ1) is 27.4.